The fourth-order valence-electron chi connectivity index (χ4n) is 2.83. The lowest BCUT2D eigenvalue weighted by atomic mass is 10.3. The predicted molar refractivity (Wildman–Crippen MR) is 111 cm³/mol. The smallest absolute Gasteiger partial charge is 0.268 e. The maximum absolute atomic E-state index is 12.9. The molecule has 4 aromatic heterocycles. The molecule has 0 saturated carbocycles. The van der Waals surface area contributed by atoms with Crippen molar-refractivity contribution in [2.45, 2.75) is 27.7 Å². The SMILES string of the molecule is Cc1cc(C)nc(-n2nc(C)cc2NC(=O)c2sc(-c3cccs3)nc2C)n1. The predicted octanol–water partition coefficient (Wildman–Crippen LogP) is 4.33. The average molecular weight is 411 g/mol. The first-order chi connectivity index (χ1) is 13.4. The van der Waals surface area contributed by atoms with Gasteiger partial charge in [0.25, 0.3) is 11.9 Å². The molecule has 4 rings (SSSR count). The molecule has 0 spiro atoms. The number of thiazole rings is 1. The number of nitrogens with one attached hydrogen (secondary N) is 1. The summed E-state index contributed by atoms with van der Waals surface area (Å²) in [5, 5.41) is 10.2. The number of anilines is 1. The van der Waals surface area contributed by atoms with Gasteiger partial charge in [-0.3, -0.25) is 4.79 Å². The third-order valence-corrected chi connectivity index (χ3v) is 6.16. The molecule has 0 atom stereocenters. The standard InChI is InChI=1S/C19H18N6OS2/c1-10-8-11(2)21-19(20-10)25-15(9-12(3)24-25)23-17(26)16-13(4)22-18(28-16)14-6-5-7-27-14/h5-9H,1-4H3,(H,23,26). The zero-order chi connectivity index (χ0) is 19.8. The number of carbonyl (C=O) groups is 1. The Morgan fingerprint density at radius 3 is 2.46 bits per heavy atom. The largest absolute Gasteiger partial charge is 0.306 e. The minimum Gasteiger partial charge on any atom is -0.306 e. The molecular weight excluding hydrogens is 392 g/mol. The van der Waals surface area contributed by atoms with Crippen molar-refractivity contribution in [1.29, 1.82) is 0 Å². The van der Waals surface area contributed by atoms with E-state index < -0.39 is 0 Å². The summed E-state index contributed by atoms with van der Waals surface area (Å²) >= 11 is 2.99. The molecule has 4 heterocycles. The fraction of sp³-hybridized carbons (Fsp3) is 0.211. The van der Waals surface area contributed by atoms with Crippen molar-refractivity contribution in [2.24, 2.45) is 0 Å². The second-order valence-corrected chi connectivity index (χ2v) is 8.35. The highest BCUT2D eigenvalue weighted by Gasteiger charge is 2.20. The number of carbonyl (C=O) groups excluding carboxylic acids is 1. The molecule has 0 aliphatic rings. The number of amides is 1. The number of aryl methyl sites for hydroxylation is 4. The van der Waals surface area contributed by atoms with E-state index in [0.717, 1.165) is 27.0 Å². The van der Waals surface area contributed by atoms with Crippen molar-refractivity contribution in [3.63, 3.8) is 0 Å². The lowest BCUT2D eigenvalue weighted by Gasteiger charge is -2.08. The maximum Gasteiger partial charge on any atom is 0.268 e. The Bertz CT molecular complexity index is 1140. The van der Waals surface area contributed by atoms with E-state index in [0.29, 0.717) is 22.3 Å². The van der Waals surface area contributed by atoms with Crippen LogP contribution in [0, 0.1) is 27.7 Å². The van der Waals surface area contributed by atoms with Gasteiger partial charge in [0, 0.05) is 17.5 Å². The zero-order valence-electron chi connectivity index (χ0n) is 15.8. The van der Waals surface area contributed by atoms with Gasteiger partial charge in [-0.2, -0.15) is 9.78 Å². The first-order valence-corrected chi connectivity index (χ1v) is 10.3. The summed E-state index contributed by atoms with van der Waals surface area (Å²) in [6.45, 7) is 7.51. The molecule has 0 radical (unpaired) electrons. The first kappa shape index (κ1) is 18.5. The highest BCUT2D eigenvalue weighted by Crippen LogP contribution is 2.31. The minimum absolute atomic E-state index is 0.219. The molecule has 9 heteroatoms. The lowest BCUT2D eigenvalue weighted by Crippen LogP contribution is -2.16. The molecule has 0 unspecified atom stereocenters. The van der Waals surface area contributed by atoms with Gasteiger partial charge in [-0.15, -0.1) is 22.7 Å². The Morgan fingerprint density at radius 2 is 1.79 bits per heavy atom. The van der Waals surface area contributed by atoms with Gasteiger partial charge in [0.05, 0.1) is 16.3 Å². The van der Waals surface area contributed by atoms with Crippen molar-refractivity contribution in [1.82, 2.24) is 24.7 Å². The van der Waals surface area contributed by atoms with Crippen LogP contribution >= 0.6 is 22.7 Å². The van der Waals surface area contributed by atoms with Crippen LogP contribution in [-0.2, 0) is 0 Å². The van der Waals surface area contributed by atoms with Crippen LogP contribution in [0.3, 0.4) is 0 Å². The van der Waals surface area contributed by atoms with Crippen LogP contribution in [0.5, 0.6) is 0 Å². The number of aromatic nitrogens is 5. The first-order valence-electron chi connectivity index (χ1n) is 8.62. The number of nitrogens with zero attached hydrogens (tertiary/aromatic N) is 5. The van der Waals surface area contributed by atoms with Gasteiger partial charge in [-0.1, -0.05) is 6.07 Å². The maximum atomic E-state index is 12.9. The van der Waals surface area contributed by atoms with Crippen molar-refractivity contribution >= 4 is 34.4 Å². The third-order valence-electron chi connectivity index (χ3n) is 3.97. The molecule has 4 aromatic rings. The van der Waals surface area contributed by atoms with Gasteiger partial charge >= 0.3 is 0 Å². The molecule has 28 heavy (non-hydrogen) atoms. The summed E-state index contributed by atoms with van der Waals surface area (Å²) in [6.07, 6.45) is 0. The summed E-state index contributed by atoms with van der Waals surface area (Å²) in [7, 11) is 0. The van der Waals surface area contributed by atoms with E-state index in [1.807, 2.05) is 51.3 Å². The number of hydrogen-bond donors (Lipinski definition) is 1. The van der Waals surface area contributed by atoms with Gasteiger partial charge < -0.3 is 5.32 Å². The van der Waals surface area contributed by atoms with Crippen LogP contribution in [0.25, 0.3) is 15.8 Å². The van der Waals surface area contributed by atoms with E-state index in [1.165, 1.54) is 11.3 Å². The average Bonchev–Trinajstić information content (AvgIpc) is 3.33. The highest BCUT2D eigenvalue weighted by molar-refractivity contribution is 7.22. The van der Waals surface area contributed by atoms with Gasteiger partial charge in [-0.25, -0.2) is 15.0 Å². The van der Waals surface area contributed by atoms with Crippen molar-refractivity contribution < 1.29 is 4.79 Å². The molecule has 0 bridgehead atoms. The number of thiophene rings is 1. The molecule has 0 aromatic carbocycles. The highest BCUT2D eigenvalue weighted by atomic mass is 32.1. The van der Waals surface area contributed by atoms with E-state index in [4.69, 9.17) is 0 Å². The van der Waals surface area contributed by atoms with E-state index in [2.05, 4.69) is 25.4 Å². The Labute approximate surface area is 170 Å². The second-order valence-electron chi connectivity index (χ2n) is 6.40. The van der Waals surface area contributed by atoms with Crippen LogP contribution in [0.4, 0.5) is 5.82 Å². The molecule has 0 aliphatic carbocycles. The van der Waals surface area contributed by atoms with Crippen LogP contribution in [0.1, 0.15) is 32.4 Å². The van der Waals surface area contributed by atoms with Crippen LogP contribution in [-0.4, -0.2) is 30.6 Å². The third kappa shape index (κ3) is 3.58. The Balaban J connectivity index is 1.66. The van der Waals surface area contributed by atoms with E-state index in [-0.39, 0.29) is 5.91 Å². The molecule has 1 amide bonds. The van der Waals surface area contributed by atoms with E-state index >= 15 is 0 Å². The summed E-state index contributed by atoms with van der Waals surface area (Å²) in [5.41, 5.74) is 3.15. The molecule has 0 aliphatic heterocycles. The molecule has 142 valence electrons. The molecular formula is C19H18N6OS2. The molecule has 1 N–H and O–H groups in total. The topological polar surface area (TPSA) is 85.6 Å². The zero-order valence-corrected chi connectivity index (χ0v) is 17.5. The summed E-state index contributed by atoms with van der Waals surface area (Å²) in [6, 6.07) is 7.67. The summed E-state index contributed by atoms with van der Waals surface area (Å²) in [4.78, 5) is 28.0. The van der Waals surface area contributed by atoms with Crippen LogP contribution in [0.15, 0.2) is 29.6 Å². The Hall–Kier alpha value is -2.91. The van der Waals surface area contributed by atoms with Gasteiger partial charge in [0.2, 0.25) is 0 Å². The molecule has 0 fully saturated rings. The van der Waals surface area contributed by atoms with Gasteiger partial charge in [0.15, 0.2) is 0 Å². The Morgan fingerprint density at radius 1 is 1.04 bits per heavy atom. The summed E-state index contributed by atoms with van der Waals surface area (Å²) in [5.74, 6) is 0.738. The minimum atomic E-state index is -0.219. The summed E-state index contributed by atoms with van der Waals surface area (Å²) < 4.78 is 1.56. The quantitative estimate of drug-likeness (QED) is 0.541. The van der Waals surface area contributed by atoms with Crippen molar-refractivity contribution in [2.75, 3.05) is 5.32 Å². The van der Waals surface area contributed by atoms with E-state index in [1.54, 1.807) is 22.1 Å². The lowest BCUT2D eigenvalue weighted by molar-refractivity contribution is 0.102. The molecule has 0 saturated heterocycles. The van der Waals surface area contributed by atoms with Crippen LogP contribution in [0.2, 0.25) is 0 Å². The Kier molecular flexibility index (Phi) is 4.78. The number of rotatable bonds is 4. The van der Waals surface area contributed by atoms with Crippen molar-refractivity contribution in [3.05, 3.63) is 57.3 Å². The van der Waals surface area contributed by atoms with Gasteiger partial charge in [0.1, 0.15) is 15.7 Å². The van der Waals surface area contributed by atoms with Crippen LogP contribution < -0.4 is 5.32 Å². The second kappa shape index (κ2) is 7.25. The van der Waals surface area contributed by atoms with E-state index in [9.17, 15) is 4.79 Å². The van der Waals surface area contributed by atoms with Crippen molar-refractivity contribution in [3.8, 4) is 15.8 Å². The molecule has 7 nitrogen and oxygen atoms in total. The fourth-order valence-corrected chi connectivity index (χ4v) is 4.59. The van der Waals surface area contributed by atoms with Gasteiger partial charge in [-0.05, 0) is 45.2 Å². The monoisotopic (exact) mass is 410 g/mol. The normalized spacial score (nSPS) is 11.0. The number of hydrogen-bond acceptors (Lipinski definition) is 7.